The van der Waals surface area contributed by atoms with Gasteiger partial charge in [-0.05, 0) is 42.3 Å². The van der Waals surface area contributed by atoms with Gasteiger partial charge in [-0.3, -0.25) is 14.6 Å². The molecule has 0 spiro atoms. The van der Waals surface area contributed by atoms with Crippen LogP contribution in [0.2, 0.25) is 0 Å². The summed E-state index contributed by atoms with van der Waals surface area (Å²) in [5.74, 6) is -0.300. The van der Waals surface area contributed by atoms with Crippen molar-refractivity contribution < 1.29 is 9.59 Å². The number of rotatable bonds is 2. The molecule has 1 aromatic heterocycles. The Morgan fingerprint density at radius 2 is 1.92 bits per heavy atom. The molecule has 1 saturated heterocycles. The van der Waals surface area contributed by atoms with Crippen molar-refractivity contribution in [3.63, 3.8) is 0 Å². The minimum absolute atomic E-state index is 0.141. The fourth-order valence-corrected chi connectivity index (χ4v) is 3.96. The Labute approximate surface area is 155 Å². The molecule has 0 aliphatic carbocycles. The summed E-state index contributed by atoms with van der Waals surface area (Å²) in [7, 11) is 0. The van der Waals surface area contributed by atoms with Gasteiger partial charge < -0.3 is 15.6 Å². The van der Waals surface area contributed by atoms with Crippen molar-refractivity contribution in [1.82, 2.24) is 15.6 Å². The highest BCUT2D eigenvalue weighted by Gasteiger charge is 2.30. The van der Waals surface area contributed by atoms with Crippen molar-refractivity contribution in [2.24, 2.45) is 4.99 Å². The fraction of sp³-hybridized carbons (Fsp3) is 0.211. The van der Waals surface area contributed by atoms with Crippen LogP contribution in [-0.4, -0.2) is 28.5 Å². The number of aromatic nitrogens is 1. The molecule has 0 radical (unpaired) electrons. The molecule has 0 atom stereocenters. The van der Waals surface area contributed by atoms with Gasteiger partial charge in [0.1, 0.15) is 5.69 Å². The van der Waals surface area contributed by atoms with E-state index in [-0.39, 0.29) is 11.8 Å². The van der Waals surface area contributed by atoms with Crippen molar-refractivity contribution in [3.8, 4) is 0 Å². The standard InChI is InChI=1S/C19H18N4O2S/c1-11-2-4-12(5-3-11)10-22-19-23-18(25)16(26-19)14-7-9-21-17(24)15-13(14)6-8-20-15/h2-6,8,20H,7,9-10H2,1H3,(H,21,24)(H,22,23,25)/b16-14-. The number of aliphatic imine (C=N–C) groups is 1. The third-order valence-electron chi connectivity index (χ3n) is 4.39. The van der Waals surface area contributed by atoms with Crippen LogP contribution >= 0.6 is 11.8 Å². The number of carbonyl (C=O) groups is 2. The lowest BCUT2D eigenvalue weighted by molar-refractivity contribution is -0.115. The van der Waals surface area contributed by atoms with Gasteiger partial charge in [0.05, 0.1) is 11.4 Å². The molecule has 2 amide bonds. The number of carbonyl (C=O) groups excluding carboxylic acids is 2. The zero-order valence-corrected chi connectivity index (χ0v) is 15.1. The number of nitrogens with one attached hydrogen (secondary N) is 3. The lowest BCUT2D eigenvalue weighted by Gasteiger charge is -2.05. The topological polar surface area (TPSA) is 86.3 Å². The van der Waals surface area contributed by atoms with E-state index in [4.69, 9.17) is 0 Å². The number of benzene rings is 1. The number of H-pyrrole nitrogens is 1. The molecule has 3 N–H and O–H groups in total. The highest BCUT2D eigenvalue weighted by molar-refractivity contribution is 8.18. The third-order valence-corrected chi connectivity index (χ3v) is 5.45. The van der Waals surface area contributed by atoms with Crippen LogP contribution in [0.1, 0.15) is 33.6 Å². The van der Waals surface area contributed by atoms with Crippen LogP contribution in [0.4, 0.5) is 0 Å². The van der Waals surface area contributed by atoms with Crippen LogP contribution in [-0.2, 0) is 11.3 Å². The molecule has 1 aromatic carbocycles. The summed E-state index contributed by atoms with van der Waals surface area (Å²) < 4.78 is 0. The summed E-state index contributed by atoms with van der Waals surface area (Å²) in [4.78, 5) is 32.6. The molecule has 7 heteroatoms. The SMILES string of the molecule is Cc1ccc(CN=C2NC(=O)/C(=C3\CCNC(=O)c4[nH]ccc43)S2)cc1. The molecule has 4 rings (SSSR count). The molecule has 0 unspecified atom stereocenters. The Kier molecular flexibility index (Phi) is 4.38. The van der Waals surface area contributed by atoms with E-state index in [1.807, 2.05) is 37.3 Å². The zero-order valence-electron chi connectivity index (χ0n) is 14.3. The van der Waals surface area contributed by atoms with E-state index in [2.05, 4.69) is 20.6 Å². The second kappa shape index (κ2) is 6.84. The molecule has 0 saturated carbocycles. The van der Waals surface area contributed by atoms with Gasteiger partial charge in [-0.1, -0.05) is 29.8 Å². The van der Waals surface area contributed by atoms with Crippen molar-refractivity contribution >= 4 is 34.3 Å². The summed E-state index contributed by atoms with van der Waals surface area (Å²) >= 11 is 1.34. The third kappa shape index (κ3) is 3.17. The van der Waals surface area contributed by atoms with E-state index >= 15 is 0 Å². The van der Waals surface area contributed by atoms with Crippen molar-refractivity contribution in [2.75, 3.05) is 6.54 Å². The number of amidine groups is 1. The van der Waals surface area contributed by atoms with Crippen molar-refractivity contribution in [3.05, 3.63) is 63.8 Å². The van der Waals surface area contributed by atoms with E-state index in [9.17, 15) is 9.59 Å². The van der Waals surface area contributed by atoms with Crippen LogP contribution in [0.5, 0.6) is 0 Å². The smallest absolute Gasteiger partial charge is 0.268 e. The average Bonchev–Trinajstić information content (AvgIpc) is 3.22. The number of fused-ring (bicyclic) bond motifs is 1. The van der Waals surface area contributed by atoms with E-state index in [0.29, 0.717) is 35.3 Å². The maximum absolute atomic E-state index is 12.5. The number of aryl methyl sites for hydroxylation is 1. The van der Waals surface area contributed by atoms with Gasteiger partial charge in [0, 0.05) is 18.3 Å². The largest absolute Gasteiger partial charge is 0.357 e. The minimum atomic E-state index is -0.158. The van der Waals surface area contributed by atoms with E-state index in [1.165, 1.54) is 17.3 Å². The van der Waals surface area contributed by atoms with Gasteiger partial charge in [0.15, 0.2) is 5.17 Å². The summed E-state index contributed by atoms with van der Waals surface area (Å²) in [6, 6.07) is 10.0. The van der Waals surface area contributed by atoms with Gasteiger partial charge in [0.2, 0.25) is 0 Å². The molecule has 2 aliphatic rings. The molecule has 3 heterocycles. The number of hydrogen-bond donors (Lipinski definition) is 3. The van der Waals surface area contributed by atoms with Crippen molar-refractivity contribution in [1.29, 1.82) is 0 Å². The fourth-order valence-electron chi connectivity index (χ4n) is 3.02. The Morgan fingerprint density at radius 3 is 2.73 bits per heavy atom. The monoisotopic (exact) mass is 366 g/mol. The second-order valence-electron chi connectivity index (χ2n) is 6.24. The summed E-state index contributed by atoms with van der Waals surface area (Å²) in [5.41, 5.74) is 4.47. The highest BCUT2D eigenvalue weighted by Crippen LogP contribution is 2.36. The number of aromatic amines is 1. The quantitative estimate of drug-likeness (QED) is 0.714. The van der Waals surface area contributed by atoms with E-state index in [1.54, 1.807) is 6.20 Å². The maximum Gasteiger partial charge on any atom is 0.268 e. The minimum Gasteiger partial charge on any atom is -0.357 e. The van der Waals surface area contributed by atoms with Gasteiger partial charge in [-0.15, -0.1) is 0 Å². The Bertz CT molecular complexity index is 941. The first-order valence-corrected chi connectivity index (χ1v) is 9.22. The lowest BCUT2D eigenvalue weighted by Crippen LogP contribution is -2.22. The number of hydrogen-bond acceptors (Lipinski definition) is 4. The van der Waals surface area contributed by atoms with Gasteiger partial charge >= 0.3 is 0 Å². The molecule has 26 heavy (non-hydrogen) atoms. The average molecular weight is 366 g/mol. The molecule has 132 valence electrons. The van der Waals surface area contributed by atoms with E-state index < -0.39 is 0 Å². The second-order valence-corrected chi connectivity index (χ2v) is 7.24. The molecular formula is C19H18N4O2S. The lowest BCUT2D eigenvalue weighted by atomic mass is 10.0. The number of nitrogens with zero attached hydrogens (tertiary/aromatic N) is 1. The van der Waals surface area contributed by atoms with Crippen molar-refractivity contribution in [2.45, 2.75) is 19.9 Å². The molecular weight excluding hydrogens is 348 g/mol. The first kappa shape index (κ1) is 16.7. The molecule has 1 fully saturated rings. The molecule has 2 aromatic rings. The normalized spacial score (nSPS) is 21.3. The maximum atomic E-state index is 12.5. The first-order chi connectivity index (χ1) is 12.6. The van der Waals surface area contributed by atoms with Gasteiger partial charge in [-0.2, -0.15) is 0 Å². The Balaban J connectivity index is 1.61. The Hall–Kier alpha value is -2.80. The predicted octanol–water partition coefficient (Wildman–Crippen LogP) is 2.59. The first-order valence-electron chi connectivity index (χ1n) is 8.40. The van der Waals surface area contributed by atoms with Crippen LogP contribution < -0.4 is 10.6 Å². The van der Waals surface area contributed by atoms with Crippen LogP contribution in [0.15, 0.2) is 46.4 Å². The number of amides is 2. The summed E-state index contributed by atoms with van der Waals surface area (Å²) in [6.45, 7) is 3.06. The number of thioether (sulfide) groups is 1. The summed E-state index contributed by atoms with van der Waals surface area (Å²) in [5, 5.41) is 6.28. The van der Waals surface area contributed by atoms with E-state index in [0.717, 1.165) is 16.7 Å². The van der Waals surface area contributed by atoms with Gasteiger partial charge in [0.25, 0.3) is 11.8 Å². The highest BCUT2D eigenvalue weighted by atomic mass is 32.2. The Morgan fingerprint density at radius 1 is 1.12 bits per heavy atom. The molecule has 0 bridgehead atoms. The van der Waals surface area contributed by atoms with Crippen LogP contribution in [0.25, 0.3) is 5.57 Å². The molecule has 6 nitrogen and oxygen atoms in total. The predicted molar refractivity (Wildman–Crippen MR) is 103 cm³/mol. The summed E-state index contributed by atoms with van der Waals surface area (Å²) in [6.07, 6.45) is 2.33. The van der Waals surface area contributed by atoms with Crippen LogP contribution in [0.3, 0.4) is 0 Å². The van der Waals surface area contributed by atoms with Gasteiger partial charge in [-0.25, -0.2) is 0 Å². The molecule has 2 aliphatic heterocycles. The van der Waals surface area contributed by atoms with Crippen LogP contribution in [0, 0.1) is 6.92 Å². The zero-order chi connectivity index (χ0) is 18.1.